The van der Waals surface area contributed by atoms with Gasteiger partial charge in [-0.15, -0.1) is 0 Å². The molecular formula is C11H16BrNO2S. The summed E-state index contributed by atoms with van der Waals surface area (Å²) < 4.78 is 24.1. The Hall–Kier alpha value is -0.390. The zero-order valence-corrected chi connectivity index (χ0v) is 11.8. The molecule has 90 valence electrons. The Morgan fingerprint density at radius 3 is 2.19 bits per heavy atom. The Balaban J connectivity index is 3.00. The number of hydrogen-bond donors (Lipinski definition) is 1. The Morgan fingerprint density at radius 2 is 1.81 bits per heavy atom. The van der Waals surface area contributed by atoms with E-state index < -0.39 is 21.1 Å². The molecule has 0 aromatic heterocycles. The number of nitrogens with two attached hydrogens (primary N) is 1. The zero-order valence-electron chi connectivity index (χ0n) is 9.35. The van der Waals surface area contributed by atoms with Crippen molar-refractivity contribution in [3.05, 3.63) is 34.3 Å². The van der Waals surface area contributed by atoms with Gasteiger partial charge in [0.15, 0.2) is 9.84 Å². The maximum absolute atomic E-state index is 11.6. The highest BCUT2D eigenvalue weighted by Crippen LogP contribution is 2.23. The molecule has 0 aliphatic heterocycles. The molecular weight excluding hydrogens is 290 g/mol. The summed E-state index contributed by atoms with van der Waals surface area (Å²) in [7, 11) is -3.11. The third-order valence-electron chi connectivity index (χ3n) is 2.61. The summed E-state index contributed by atoms with van der Waals surface area (Å²) in [5.74, 6) is 0. The second-order valence-electron chi connectivity index (χ2n) is 3.85. The van der Waals surface area contributed by atoms with Gasteiger partial charge < -0.3 is 5.73 Å². The molecule has 0 aliphatic carbocycles. The molecule has 0 saturated carbocycles. The van der Waals surface area contributed by atoms with Crippen molar-refractivity contribution in [3.8, 4) is 0 Å². The van der Waals surface area contributed by atoms with E-state index in [0.29, 0.717) is 6.42 Å². The summed E-state index contributed by atoms with van der Waals surface area (Å²) in [6.45, 7) is 1.84. The van der Waals surface area contributed by atoms with Gasteiger partial charge in [-0.05, 0) is 24.1 Å². The summed E-state index contributed by atoms with van der Waals surface area (Å²) >= 11 is 3.33. The van der Waals surface area contributed by atoms with E-state index in [1.54, 1.807) is 0 Å². The van der Waals surface area contributed by atoms with Gasteiger partial charge in [0.1, 0.15) is 0 Å². The highest BCUT2D eigenvalue weighted by atomic mass is 79.9. The van der Waals surface area contributed by atoms with Crippen molar-refractivity contribution in [2.45, 2.75) is 24.6 Å². The van der Waals surface area contributed by atoms with Crippen LogP contribution in [0.3, 0.4) is 0 Å². The topological polar surface area (TPSA) is 60.2 Å². The van der Waals surface area contributed by atoms with E-state index in [1.165, 1.54) is 6.26 Å². The lowest BCUT2D eigenvalue weighted by atomic mass is 10.0. The Kier molecular flexibility index (Phi) is 4.52. The molecule has 0 aliphatic rings. The van der Waals surface area contributed by atoms with Crippen LogP contribution in [0.5, 0.6) is 0 Å². The lowest BCUT2D eigenvalue weighted by Crippen LogP contribution is -2.32. The molecule has 0 spiro atoms. The molecule has 2 N–H and O–H groups in total. The van der Waals surface area contributed by atoms with Crippen molar-refractivity contribution < 1.29 is 8.42 Å². The highest BCUT2D eigenvalue weighted by molar-refractivity contribution is 9.10. The molecule has 0 saturated heterocycles. The molecule has 0 amide bonds. The van der Waals surface area contributed by atoms with Crippen LogP contribution in [0.4, 0.5) is 0 Å². The van der Waals surface area contributed by atoms with E-state index in [1.807, 2.05) is 31.2 Å². The average molecular weight is 306 g/mol. The van der Waals surface area contributed by atoms with Crippen molar-refractivity contribution in [1.29, 1.82) is 0 Å². The SMILES string of the molecule is CC[C@H]([C@H](N)c1ccc(Br)cc1)S(C)(=O)=O. The van der Waals surface area contributed by atoms with Gasteiger partial charge in [0.25, 0.3) is 0 Å². The molecule has 5 heteroatoms. The van der Waals surface area contributed by atoms with Crippen LogP contribution >= 0.6 is 15.9 Å². The van der Waals surface area contributed by atoms with Gasteiger partial charge in [0, 0.05) is 16.8 Å². The molecule has 1 aromatic carbocycles. The monoisotopic (exact) mass is 305 g/mol. The van der Waals surface area contributed by atoms with Crippen molar-refractivity contribution in [2.75, 3.05) is 6.26 Å². The van der Waals surface area contributed by atoms with Gasteiger partial charge in [-0.25, -0.2) is 8.42 Å². The first kappa shape index (κ1) is 13.7. The largest absolute Gasteiger partial charge is 0.323 e. The fraction of sp³-hybridized carbons (Fsp3) is 0.455. The number of rotatable bonds is 4. The third kappa shape index (κ3) is 3.30. The van der Waals surface area contributed by atoms with Gasteiger partial charge in [-0.3, -0.25) is 0 Å². The van der Waals surface area contributed by atoms with Gasteiger partial charge in [0.2, 0.25) is 0 Å². The molecule has 0 unspecified atom stereocenters. The lowest BCUT2D eigenvalue weighted by molar-refractivity contribution is 0.553. The van der Waals surface area contributed by atoms with Crippen LogP contribution in [0.15, 0.2) is 28.7 Å². The molecule has 1 aromatic rings. The highest BCUT2D eigenvalue weighted by Gasteiger charge is 2.26. The number of benzene rings is 1. The van der Waals surface area contributed by atoms with Crippen molar-refractivity contribution >= 4 is 25.8 Å². The first-order valence-corrected chi connectivity index (χ1v) is 7.81. The van der Waals surface area contributed by atoms with Gasteiger partial charge >= 0.3 is 0 Å². The van der Waals surface area contributed by atoms with Crippen molar-refractivity contribution in [3.63, 3.8) is 0 Å². The Morgan fingerprint density at radius 1 is 1.31 bits per heavy atom. The maximum atomic E-state index is 11.6. The molecule has 1 rings (SSSR count). The second-order valence-corrected chi connectivity index (χ2v) is 7.03. The zero-order chi connectivity index (χ0) is 12.3. The predicted octanol–water partition coefficient (Wildman–Crippen LogP) is 2.27. The van der Waals surface area contributed by atoms with Crippen LogP contribution in [0.25, 0.3) is 0 Å². The van der Waals surface area contributed by atoms with Crippen LogP contribution in [0.2, 0.25) is 0 Å². The van der Waals surface area contributed by atoms with Crippen LogP contribution in [0, 0.1) is 0 Å². The van der Waals surface area contributed by atoms with Gasteiger partial charge in [-0.2, -0.15) is 0 Å². The van der Waals surface area contributed by atoms with E-state index in [4.69, 9.17) is 5.73 Å². The molecule has 0 radical (unpaired) electrons. The minimum absolute atomic E-state index is 0.465. The molecule has 16 heavy (non-hydrogen) atoms. The Labute approximate surface area is 105 Å². The standard InChI is InChI=1S/C11H16BrNO2S/c1-3-10(16(2,14)15)11(13)8-4-6-9(12)7-5-8/h4-7,10-11H,3,13H2,1-2H3/t10-,11-/m1/s1. The average Bonchev–Trinajstić information content (AvgIpc) is 2.17. The van der Waals surface area contributed by atoms with E-state index >= 15 is 0 Å². The van der Waals surface area contributed by atoms with E-state index in [0.717, 1.165) is 10.0 Å². The molecule has 0 fully saturated rings. The summed E-state index contributed by atoms with van der Waals surface area (Å²) in [6, 6.07) is 6.97. The molecule has 0 bridgehead atoms. The smallest absolute Gasteiger partial charge is 0.152 e. The van der Waals surface area contributed by atoms with Gasteiger partial charge in [0.05, 0.1) is 5.25 Å². The normalized spacial score (nSPS) is 15.8. The van der Waals surface area contributed by atoms with Crippen LogP contribution in [0.1, 0.15) is 24.9 Å². The summed E-state index contributed by atoms with van der Waals surface area (Å²) in [6.07, 6.45) is 1.76. The summed E-state index contributed by atoms with van der Waals surface area (Å²) in [5.41, 5.74) is 6.84. The van der Waals surface area contributed by atoms with E-state index in [2.05, 4.69) is 15.9 Å². The van der Waals surface area contributed by atoms with Crippen molar-refractivity contribution in [2.24, 2.45) is 5.73 Å². The molecule has 2 atom stereocenters. The number of sulfone groups is 1. The fourth-order valence-corrected chi connectivity index (χ4v) is 3.28. The first-order valence-electron chi connectivity index (χ1n) is 5.06. The first-order chi connectivity index (χ1) is 7.36. The summed E-state index contributed by atoms with van der Waals surface area (Å²) in [5, 5.41) is -0.520. The molecule has 3 nitrogen and oxygen atoms in total. The quantitative estimate of drug-likeness (QED) is 0.928. The maximum Gasteiger partial charge on any atom is 0.152 e. The Bertz CT molecular complexity index is 442. The van der Waals surface area contributed by atoms with Crippen LogP contribution < -0.4 is 5.73 Å². The minimum atomic E-state index is -3.11. The fourth-order valence-electron chi connectivity index (χ4n) is 1.72. The molecule has 0 heterocycles. The van der Waals surface area contributed by atoms with Crippen LogP contribution in [-0.2, 0) is 9.84 Å². The van der Waals surface area contributed by atoms with Crippen molar-refractivity contribution in [1.82, 2.24) is 0 Å². The lowest BCUT2D eigenvalue weighted by Gasteiger charge is -2.21. The van der Waals surface area contributed by atoms with Gasteiger partial charge in [-0.1, -0.05) is 35.0 Å². The van der Waals surface area contributed by atoms with E-state index in [-0.39, 0.29) is 0 Å². The van der Waals surface area contributed by atoms with Crippen LogP contribution in [-0.4, -0.2) is 19.9 Å². The second kappa shape index (κ2) is 5.29. The summed E-state index contributed by atoms with van der Waals surface area (Å²) in [4.78, 5) is 0. The predicted molar refractivity (Wildman–Crippen MR) is 70.0 cm³/mol. The third-order valence-corrected chi connectivity index (χ3v) is 4.86. The minimum Gasteiger partial charge on any atom is -0.323 e. The van der Waals surface area contributed by atoms with E-state index in [9.17, 15) is 8.42 Å². The number of hydrogen-bond acceptors (Lipinski definition) is 3. The number of halogens is 1.